The zero-order chi connectivity index (χ0) is 18.4. The third-order valence-corrected chi connectivity index (χ3v) is 4.82. The van der Waals surface area contributed by atoms with E-state index in [-0.39, 0.29) is 11.8 Å². The summed E-state index contributed by atoms with van der Waals surface area (Å²) in [6.07, 6.45) is 5.72. The minimum absolute atomic E-state index is 0.00585. The van der Waals surface area contributed by atoms with Crippen LogP contribution in [0.2, 0.25) is 0 Å². The molecule has 6 heteroatoms. The van der Waals surface area contributed by atoms with E-state index in [9.17, 15) is 4.79 Å². The molecule has 0 saturated carbocycles. The van der Waals surface area contributed by atoms with Crippen molar-refractivity contribution in [3.8, 4) is 11.4 Å². The summed E-state index contributed by atoms with van der Waals surface area (Å²) in [6, 6.07) is 8.20. The van der Waals surface area contributed by atoms with Gasteiger partial charge < -0.3 is 16.0 Å². The van der Waals surface area contributed by atoms with Gasteiger partial charge in [0.1, 0.15) is 0 Å². The molecular formula is C20H27N5O. The number of carbonyl (C=O) groups excluding carboxylic acids is 1. The largest absolute Gasteiger partial charge is 0.369 e. The fraction of sp³-hybridized carbons (Fsp3) is 0.450. The Bertz CT molecular complexity index is 731. The number of nitrogens with zero attached hydrogens (tertiary/aromatic N) is 3. The fourth-order valence-corrected chi connectivity index (χ4v) is 3.34. The van der Waals surface area contributed by atoms with Crippen molar-refractivity contribution in [3.63, 3.8) is 0 Å². The maximum atomic E-state index is 11.3. The zero-order valence-corrected chi connectivity index (χ0v) is 15.3. The van der Waals surface area contributed by atoms with Gasteiger partial charge in [0.2, 0.25) is 5.91 Å². The number of hydrogen-bond acceptors (Lipinski definition) is 5. The molecule has 1 aliphatic rings. The maximum Gasteiger partial charge on any atom is 0.221 e. The first-order chi connectivity index (χ1) is 12.6. The number of aryl methyl sites for hydroxylation is 1. The molecule has 1 amide bonds. The number of hydrogen-bond donors (Lipinski definition) is 2. The summed E-state index contributed by atoms with van der Waals surface area (Å²) in [5.74, 6) is 0.586. The Kier molecular flexibility index (Phi) is 6.30. The van der Waals surface area contributed by atoms with Crippen molar-refractivity contribution >= 4 is 5.91 Å². The molecule has 1 atom stereocenters. The second-order valence-corrected chi connectivity index (χ2v) is 7.00. The van der Waals surface area contributed by atoms with Crippen LogP contribution in [0.25, 0.3) is 11.4 Å². The van der Waals surface area contributed by atoms with Gasteiger partial charge in [0, 0.05) is 49.7 Å². The van der Waals surface area contributed by atoms with Gasteiger partial charge in [0.05, 0.1) is 5.92 Å². The smallest absolute Gasteiger partial charge is 0.221 e. The van der Waals surface area contributed by atoms with Crippen LogP contribution in [0.1, 0.15) is 24.0 Å². The highest BCUT2D eigenvalue weighted by molar-refractivity contribution is 5.76. The molecule has 1 aromatic heterocycles. The average Bonchev–Trinajstić information content (AvgIpc) is 2.66. The lowest BCUT2D eigenvalue weighted by Gasteiger charge is -2.31. The van der Waals surface area contributed by atoms with Crippen LogP contribution in [-0.4, -0.2) is 47.0 Å². The van der Waals surface area contributed by atoms with Crippen molar-refractivity contribution in [3.05, 3.63) is 47.8 Å². The summed E-state index contributed by atoms with van der Waals surface area (Å²) in [4.78, 5) is 22.6. The molecule has 0 unspecified atom stereocenters. The number of carbonyl (C=O) groups is 1. The van der Waals surface area contributed by atoms with Crippen molar-refractivity contribution in [2.45, 2.75) is 26.3 Å². The molecule has 0 spiro atoms. The van der Waals surface area contributed by atoms with Gasteiger partial charge >= 0.3 is 0 Å². The van der Waals surface area contributed by atoms with Crippen LogP contribution in [0.5, 0.6) is 0 Å². The predicted molar refractivity (Wildman–Crippen MR) is 102 cm³/mol. The minimum Gasteiger partial charge on any atom is -0.369 e. The van der Waals surface area contributed by atoms with Crippen LogP contribution in [-0.2, 0) is 11.3 Å². The third kappa shape index (κ3) is 5.09. The van der Waals surface area contributed by atoms with E-state index < -0.39 is 0 Å². The summed E-state index contributed by atoms with van der Waals surface area (Å²) >= 11 is 0. The fourth-order valence-electron chi connectivity index (χ4n) is 3.34. The molecule has 3 rings (SSSR count). The molecule has 26 heavy (non-hydrogen) atoms. The standard InChI is InChI=1S/C20H27N5O/c1-15-4-2-5-17(10-15)20-23-12-16(13-24-20)11-22-7-9-25-8-3-6-18(14-25)19(21)26/h2,4-5,10,12-13,18,22H,3,6-9,11,14H2,1H3,(H2,21,26)/t18-/m1/s1. The summed E-state index contributed by atoms with van der Waals surface area (Å²) in [5.41, 5.74) is 8.73. The van der Waals surface area contributed by atoms with Gasteiger partial charge in [-0.15, -0.1) is 0 Å². The van der Waals surface area contributed by atoms with Gasteiger partial charge in [-0.1, -0.05) is 23.8 Å². The number of rotatable bonds is 7. The van der Waals surface area contributed by atoms with Crippen molar-refractivity contribution in [1.29, 1.82) is 0 Å². The molecule has 0 radical (unpaired) electrons. The Morgan fingerprint density at radius 2 is 2.15 bits per heavy atom. The first-order valence-corrected chi connectivity index (χ1v) is 9.22. The van der Waals surface area contributed by atoms with E-state index in [2.05, 4.69) is 39.2 Å². The van der Waals surface area contributed by atoms with E-state index in [1.54, 1.807) is 0 Å². The van der Waals surface area contributed by atoms with Crippen molar-refractivity contribution in [1.82, 2.24) is 20.2 Å². The highest BCUT2D eigenvalue weighted by atomic mass is 16.1. The Morgan fingerprint density at radius 3 is 2.88 bits per heavy atom. The number of nitrogens with two attached hydrogens (primary N) is 1. The average molecular weight is 353 g/mol. The zero-order valence-electron chi connectivity index (χ0n) is 15.3. The number of likely N-dealkylation sites (tertiary alicyclic amines) is 1. The summed E-state index contributed by atoms with van der Waals surface area (Å²) in [5, 5.41) is 3.42. The molecule has 1 aliphatic heterocycles. The van der Waals surface area contributed by atoms with E-state index in [4.69, 9.17) is 5.73 Å². The molecule has 0 aliphatic carbocycles. The van der Waals surface area contributed by atoms with Crippen LogP contribution in [0.3, 0.4) is 0 Å². The van der Waals surface area contributed by atoms with E-state index in [1.165, 1.54) is 5.56 Å². The lowest BCUT2D eigenvalue weighted by molar-refractivity contribution is -0.123. The highest BCUT2D eigenvalue weighted by Crippen LogP contribution is 2.16. The number of nitrogens with one attached hydrogen (secondary N) is 1. The normalized spacial score (nSPS) is 18.0. The number of aromatic nitrogens is 2. The SMILES string of the molecule is Cc1cccc(-c2ncc(CNCCN3CCC[C@@H](C(N)=O)C3)cn2)c1. The molecule has 0 bridgehead atoms. The second kappa shape index (κ2) is 8.87. The predicted octanol–water partition coefficient (Wildman–Crippen LogP) is 1.74. The number of benzene rings is 1. The van der Waals surface area contributed by atoms with E-state index in [0.717, 1.165) is 62.5 Å². The lowest BCUT2D eigenvalue weighted by atomic mass is 9.97. The molecule has 1 aromatic carbocycles. The molecule has 138 valence electrons. The maximum absolute atomic E-state index is 11.3. The first-order valence-electron chi connectivity index (χ1n) is 9.22. The molecule has 2 heterocycles. The lowest BCUT2D eigenvalue weighted by Crippen LogP contribution is -2.43. The number of amides is 1. The second-order valence-electron chi connectivity index (χ2n) is 7.00. The summed E-state index contributed by atoms with van der Waals surface area (Å²) < 4.78 is 0. The molecule has 6 nitrogen and oxygen atoms in total. The Labute approximate surface area is 154 Å². The van der Waals surface area contributed by atoms with Crippen LogP contribution >= 0.6 is 0 Å². The quantitative estimate of drug-likeness (QED) is 0.741. The van der Waals surface area contributed by atoms with Crippen LogP contribution in [0.4, 0.5) is 0 Å². The van der Waals surface area contributed by atoms with Crippen LogP contribution < -0.4 is 11.1 Å². The van der Waals surface area contributed by atoms with Gasteiger partial charge in [0.25, 0.3) is 0 Å². The topological polar surface area (TPSA) is 84.1 Å². The first kappa shape index (κ1) is 18.5. The van der Waals surface area contributed by atoms with Crippen LogP contribution in [0, 0.1) is 12.8 Å². The molecule has 1 saturated heterocycles. The van der Waals surface area contributed by atoms with E-state index >= 15 is 0 Å². The summed E-state index contributed by atoms with van der Waals surface area (Å²) in [7, 11) is 0. The van der Waals surface area contributed by atoms with E-state index in [0.29, 0.717) is 0 Å². The molecule has 1 fully saturated rings. The van der Waals surface area contributed by atoms with Crippen molar-refractivity contribution in [2.24, 2.45) is 11.7 Å². The number of primary amides is 1. The molecule has 3 N–H and O–H groups in total. The van der Waals surface area contributed by atoms with E-state index in [1.807, 2.05) is 24.5 Å². The van der Waals surface area contributed by atoms with Gasteiger partial charge in [0.15, 0.2) is 5.82 Å². The molecular weight excluding hydrogens is 326 g/mol. The number of piperidine rings is 1. The summed E-state index contributed by atoms with van der Waals surface area (Å²) in [6.45, 7) is 6.42. The molecule has 2 aromatic rings. The highest BCUT2D eigenvalue weighted by Gasteiger charge is 2.23. The van der Waals surface area contributed by atoms with Crippen LogP contribution in [0.15, 0.2) is 36.7 Å². The Hall–Kier alpha value is -2.31. The van der Waals surface area contributed by atoms with Gasteiger partial charge in [-0.2, -0.15) is 0 Å². The Balaban J connectivity index is 1.43. The third-order valence-electron chi connectivity index (χ3n) is 4.82. The van der Waals surface area contributed by atoms with Crippen molar-refractivity contribution in [2.75, 3.05) is 26.2 Å². The van der Waals surface area contributed by atoms with Gasteiger partial charge in [-0.3, -0.25) is 4.79 Å². The van der Waals surface area contributed by atoms with Crippen molar-refractivity contribution < 1.29 is 4.79 Å². The minimum atomic E-state index is -0.173. The van der Waals surface area contributed by atoms with Gasteiger partial charge in [-0.05, 0) is 32.4 Å². The monoisotopic (exact) mass is 353 g/mol. The van der Waals surface area contributed by atoms with Gasteiger partial charge in [-0.25, -0.2) is 9.97 Å². The Morgan fingerprint density at radius 1 is 1.35 bits per heavy atom.